The number of unbranched alkanes of at least 4 members (excludes halogenated alkanes) is 3. The van der Waals surface area contributed by atoms with Crippen LogP contribution in [0.3, 0.4) is 0 Å². The Morgan fingerprint density at radius 1 is 1.10 bits per heavy atom. The largest absolute Gasteiger partial charge is 0.544 e. The first-order chi connectivity index (χ1) is 9.23. The summed E-state index contributed by atoms with van der Waals surface area (Å²) in [7, 11) is 5.41. The quantitative estimate of drug-likeness (QED) is 0.474. The lowest BCUT2D eigenvalue weighted by molar-refractivity contribution is -0.890. The van der Waals surface area contributed by atoms with Crippen LogP contribution in [0, 0.1) is 0 Å². The van der Waals surface area contributed by atoms with Crippen LogP contribution in [-0.4, -0.2) is 49.6 Å². The van der Waals surface area contributed by atoms with Crippen molar-refractivity contribution in [3.05, 3.63) is 0 Å². The number of nitrogens with one attached hydrogen (secondary N) is 1. The molecule has 0 aromatic heterocycles. The second kappa shape index (κ2) is 8.95. The van der Waals surface area contributed by atoms with E-state index in [4.69, 9.17) is 0 Å². The fraction of sp³-hybridized carbons (Fsp3) is 0.867. The Bertz CT molecular complexity index is 311. The van der Waals surface area contributed by atoms with E-state index in [1.807, 2.05) is 6.92 Å². The monoisotopic (exact) mass is 286 g/mol. The molecule has 0 aromatic carbocycles. The third-order valence-corrected chi connectivity index (χ3v) is 3.50. The van der Waals surface area contributed by atoms with Crippen LogP contribution in [0.25, 0.3) is 0 Å². The second-order valence-electron chi connectivity index (χ2n) is 6.27. The maximum absolute atomic E-state index is 11.9. The SMILES string of the molecule is CCCCCCC(=O)NC(CC)C(C(=O)[O-])[N+](C)(C)C. The summed E-state index contributed by atoms with van der Waals surface area (Å²) in [5.41, 5.74) is 0. The Kier molecular flexibility index (Phi) is 8.46. The van der Waals surface area contributed by atoms with E-state index in [1.54, 1.807) is 21.1 Å². The molecule has 0 aliphatic heterocycles. The first-order valence-corrected chi connectivity index (χ1v) is 7.55. The van der Waals surface area contributed by atoms with Crippen LogP contribution in [0.2, 0.25) is 0 Å². The molecule has 0 heterocycles. The maximum atomic E-state index is 11.9. The van der Waals surface area contributed by atoms with Crippen molar-refractivity contribution in [2.75, 3.05) is 21.1 Å². The van der Waals surface area contributed by atoms with Crippen molar-refractivity contribution in [3.8, 4) is 0 Å². The zero-order valence-electron chi connectivity index (χ0n) is 13.6. The van der Waals surface area contributed by atoms with E-state index in [-0.39, 0.29) is 10.4 Å². The van der Waals surface area contributed by atoms with Gasteiger partial charge in [0, 0.05) is 6.42 Å². The Balaban J connectivity index is 4.51. The molecule has 2 unspecified atom stereocenters. The number of hydrogen-bond donors (Lipinski definition) is 1. The van der Waals surface area contributed by atoms with Gasteiger partial charge in [-0.15, -0.1) is 0 Å². The number of quaternary nitrogens is 1. The molecule has 20 heavy (non-hydrogen) atoms. The normalized spacial score (nSPS) is 14.7. The highest BCUT2D eigenvalue weighted by atomic mass is 16.4. The van der Waals surface area contributed by atoms with Crippen LogP contribution >= 0.6 is 0 Å². The summed E-state index contributed by atoms with van der Waals surface area (Å²) in [6.07, 6.45) is 5.21. The summed E-state index contributed by atoms with van der Waals surface area (Å²) < 4.78 is 0.233. The van der Waals surface area contributed by atoms with Crippen molar-refractivity contribution in [2.24, 2.45) is 0 Å². The number of hydrogen-bond acceptors (Lipinski definition) is 3. The number of carbonyl (C=O) groups is 2. The van der Waals surface area contributed by atoms with Gasteiger partial charge < -0.3 is 19.7 Å². The van der Waals surface area contributed by atoms with Crippen LogP contribution < -0.4 is 10.4 Å². The van der Waals surface area contributed by atoms with Crippen molar-refractivity contribution >= 4 is 11.9 Å². The van der Waals surface area contributed by atoms with Gasteiger partial charge in [0.15, 0.2) is 0 Å². The average molecular weight is 286 g/mol. The van der Waals surface area contributed by atoms with E-state index in [9.17, 15) is 14.7 Å². The van der Waals surface area contributed by atoms with Crippen LogP contribution in [0.1, 0.15) is 52.4 Å². The number of rotatable bonds is 10. The minimum absolute atomic E-state index is 0.0624. The van der Waals surface area contributed by atoms with Crippen molar-refractivity contribution in [3.63, 3.8) is 0 Å². The smallest absolute Gasteiger partial charge is 0.220 e. The van der Waals surface area contributed by atoms with E-state index >= 15 is 0 Å². The second-order valence-corrected chi connectivity index (χ2v) is 6.27. The van der Waals surface area contributed by atoms with E-state index in [0.717, 1.165) is 25.7 Å². The van der Waals surface area contributed by atoms with E-state index < -0.39 is 18.1 Å². The molecule has 0 saturated heterocycles. The molecule has 0 bridgehead atoms. The van der Waals surface area contributed by atoms with Gasteiger partial charge in [-0.1, -0.05) is 33.1 Å². The van der Waals surface area contributed by atoms with Crippen LogP contribution in [0.4, 0.5) is 0 Å². The standard InChI is InChI=1S/C15H30N2O3/c1-6-8-9-10-11-13(18)16-12(7-2)14(15(19)20)17(3,4)5/h12,14H,6-11H2,1-5H3,(H-,16,18,19,20). The highest BCUT2D eigenvalue weighted by Gasteiger charge is 2.33. The molecule has 5 nitrogen and oxygen atoms in total. The molecule has 5 heteroatoms. The predicted octanol–water partition coefficient (Wildman–Crippen LogP) is 0.676. The fourth-order valence-corrected chi connectivity index (χ4v) is 2.42. The molecule has 0 fully saturated rings. The Morgan fingerprint density at radius 2 is 1.70 bits per heavy atom. The average Bonchev–Trinajstić information content (AvgIpc) is 2.31. The number of carbonyl (C=O) groups excluding carboxylic acids is 2. The minimum atomic E-state index is -1.12. The van der Waals surface area contributed by atoms with Gasteiger partial charge in [-0.2, -0.15) is 0 Å². The molecule has 0 aromatic rings. The predicted molar refractivity (Wildman–Crippen MR) is 77.8 cm³/mol. The minimum Gasteiger partial charge on any atom is -0.544 e. The highest BCUT2D eigenvalue weighted by Crippen LogP contribution is 2.11. The van der Waals surface area contributed by atoms with Crippen LogP contribution in [0.5, 0.6) is 0 Å². The van der Waals surface area contributed by atoms with Gasteiger partial charge in [0.25, 0.3) is 0 Å². The summed E-state index contributed by atoms with van der Waals surface area (Å²) in [6.45, 7) is 4.01. The van der Waals surface area contributed by atoms with Crippen molar-refractivity contribution in [1.82, 2.24) is 5.32 Å². The Labute approximate surface area is 122 Å². The topological polar surface area (TPSA) is 69.2 Å². The molecule has 1 amide bonds. The van der Waals surface area contributed by atoms with Gasteiger partial charge in [-0.25, -0.2) is 0 Å². The number of aliphatic carboxylic acids is 1. The maximum Gasteiger partial charge on any atom is 0.220 e. The van der Waals surface area contributed by atoms with Gasteiger partial charge in [0.05, 0.1) is 27.2 Å². The van der Waals surface area contributed by atoms with Crippen molar-refractivity contribution in [1.29, 1.82) is 0 Å². The zero-order valence-corrected chi connectivity index (χ0v) is 13.6. The summed E-state index contributed by atoms with van der Waals surface area (Å²) in [4.78, 5) is 23.2. The van der Waals surface area contributed by atoms with Gasteiger partial charge in [-0.3, -0.25) is 4.79 Å². The molecule has 0 rings (SSSR count). The molecule has 0 aliphatic carbocycles. The zero-order chi connectivity index (χ0) is 15.8. The number of likely N-dealkylation sites (N-methyl/N-ethyl adjacent to an activating group) is 1. The molecular formula is C15H30N2O3. The lowest BCUT2D eigenvalue weighted by atomic mass is 10.0. The van der Waals surface area contributed by atoms with E-state index in [2.05, 4.69) is 12.2 Å². The molecule has 2 atom stereocenters. The molecule has 1 N–H and O–H groups in total. The number of nitrogens with zero attached hydrogens (tertiary/aromatic N) is 1. The van der Waals surface area contributed by atoms with Crippen molar-refractivity contribution < 1.29 is 19.2 Å². The van der Waals surface area contributed by atoms with Gasteiger partial charge in [-0.05, 0) is 12.8 Å². The molecular weight excluding hydrogens is 256 g/mol. The van der Waals surface area contributed by atoms with Gasteiger partial charge in [0.1, 0.15) is 12.0 Å². The summed E-state index contributed by atoms with van der Waals surface area (Å²) >= 11 is 0. The first-order valence-electron chi connectivity index (χ1n) is 7.55. The Morgan fingerprint density at radius 3 is 2.10 bits per heavy atom. The van der Waals surface area contributed by atoms with Crippen molar-refractivity contribution in [2.45, 2.75) is 64.5 Å². The van der Waals surface area contributed by atoms with Gasteiger partial charge >= 0.3 is 0 Å². The summed E-state index contributed by atoms with van der Waals surface area (Å²) in [5, 5.41) is 14.2. The van der Waals surface area contributed by atoms with Crippen LogP contribution in [-0.2, 0) is 9.59 Å². The number of amides is 1. The summed E-state index contributed by atoms with van der Waals surface area (Å²) in [6, 6.07) is -1.13. The highest BCUT2D eigenvalue weighted by molar-refractivity contribution is 5.78. The molecule has 118 valence electrons. The lowest BCUT2D eigenvalue weighted by Gasteiger charge is -2.39. The fourth-order valence-electron chi connectivity index (χ4n) is 2.42. The molecule has 0 saturated carbocycles. The van der Waals surface area contributed by atoms with Gasteiger partial charge in [0.2, 0.25) is 5.91 Å². The Hall–Kier alpha value is -1.10. The molecule has 0 radical (unpaired) electrons. The van der Waals surface area contributed by atoms with Crippen LogP contribution in [0.15, 0.2) is 0 Å². The lowest BCUT2D eigenvalue weighted by Crippen LogP contribution is -2.64. The third-order valence-electron chi connectivity index (χ3n) is 3.50. The third kappa shape index (κ3) is 6.89. The number of carboxylic acids is 1. The number of carboxylic acid groups (broad SMARTS) is 1. The van der Waals surface area contributed by atoms with E-state index in [1.165, 1.54) is 0 Å². The molecule has 0 aliphatic rings. The molecule has 0 spiro atoms. The first kappa shape index (κ1) is 18.9. The summed E-state index contributed by atoms with van der Waals surface area (Å²) in [5.74, 6) is -1.18. The van der Waals surface area contributed by atoms with E-state index in [0.29, 0.717) is 12.8 Å².